The largest absolute Gasteiger partial charge is 0.358 e. The molecule has 1 rings (SSSR count). The lowest BCUT2D eigenvalue weighted by atomic mass is 10.2. The summed E-state index contributed by atoms with van der Waals surface area (Å²) in [6, 6.07) is 1.95. The van der Waals surface area contributed by atoms with Gasteiger partial charge in [0.2, 0.25) is 0 Å². The Balaban J connectivity index is 2.38. The van der Waals surface area contributed by atoms with Gasteiger partial charge in [0.15, 0.2) is 5.78 Å². The molecule has 70 valence electrons. The number of carbonyl (C=O) groups is 1. The van der Waals surface area contributed by atoms with Crippen molar-refractivity contribution in [2.75, 3.05) is 7.05 Å². The molecule has 0 saturated carbocycles. The highest BCUT2D eigenvalue weighted by Crippen LogP contribution is 2.19. The van der Waals surface area contributed by atoms with Gasteiger partial charge < -0.3 is 5.32 Å². The average Bonchev–Trinajstić information content (AvgIpc) is 2.62. The summed E-state index contributed by atoms with van der Waals surface area (Å²) in [5, 5.41) is 16.1. The summed E-state index contributed by atoms with van der Waals surface area (Å²) in [7, 11) is 1.82. The van der Waals surface area contributed by atoms with Gasteiger partial charge in [0.05, 0.1) is 11.8 Å². The van der Waals surface area contributed by atoms with E-state index in [0.29, 0.717) is 12.1 Å². The van der Waals surface area contributed by atoms with E-state index in [9.17, 15) is 4.79 Å². The Hall–Kier alpha value is -0.990. The van der Waals surface area contributed by atoms with Crippen molar-refractivity contribution >= 4 is 17.5 Å². The highest BCUT2D eigenvalue weighted by molar-refractivity contribution is 8.02. The van der Waals surface area contributed by atoms with Crippen molar-refractivity contribution < 1.29 is 4.79 Å². The molecule has 1 heterocycles. The van der Waals surface area contributed by atoms with Gasteiger partial charge in [-0.3, -0.25) is 10.1 Å². The first-order chi connectivity index (χ1) is 6.27. The van der Waals surface area contributed by atoms with Crippen LogP contribution >= 0.6 is 11.8 Å². The van der Waals surface area contributed by atoms with Gasteiger partial charge in [-0.1, -0.05) is 11.8 Å². The van der Waals surface area contributed by atoms with E-state index in [0.717, 1.165) is 0 Å². The first-order valence-electron chi connectivity index (χ1n) is 3.97. The third kappa shape index (κ3) is 2.76. The molecule has 1 aliphatic heterocycles. The minimum atomic E-state index is 0.00630. The lowest BCUT2D eigenvalue weighted by Gasteiger charge is -2.09. The maximum Gasteiger partial charge on any atom is 0.180 e. The van der Waals surface area contributed by atoms with Crippen LogP contribution in [0.15, 0.2) is 11.1 Å². The van der Waals surface area contributed by atoms with Crippen LogP contribution < -0.4 is 10.6 Å². The van der Waals surface area contributed by atoms with Crippen LogP contribution in [0.1, 0.15) is 12.8 Å². The SMILES string of the molecule is CNC1NC(C(=O)CCC#N)=CS1. The van der Waals surface area contributed by atoms with Crippen LogP contribution in [0.4, 0.5) is 0 Å². The summed E-state index contributed by atoms with van der Waals surface area (Å²) >= 11 is 1.52. The molecule has 0 spiro atoms. The number of thioether (sulfide) groups is 1. The molecule has 0 aromatic heterocycles. The normalized spacial score (nSPS) is 20.3. The maximum atomic E-state index is 11.3. The van der Waals surface area contributed by atoms with Crippen molar-refractivity contribution in [3.8, 4) is 6.07 Å². The molecule has 1 atom stereocenters. The summed E-state index contributed by atoms with van der Waals surface area (Å²) in [6.45, 7) is 0. The number of allylic oxidation sites excluding steroid dienone is 1. The average molecular weight is 197 g/mol. The Morgan fingerprint density at radius 3 is 3.23 bits per heavy atom. The number of carbonyl (C=O) groups excluding carboxylic acids is 1. The van der Waals surface area contributed by atoms with Crippen LogP contribution in [-0.2, 0) is 4.79 Å². The standard InChI is InChI=1S/C8H11N3OS/c1-10-8-11-6(5-13-8)7(12)3-2-4-9/h5,8,10-11H,2-3H2,1H3. The molecule has 0 radical (unpaired) electrons. The van der Waals surface area contributed by atoms with Crippen LogP contribution in [0.25, 0.3) is 0 Å². The fourth-order valence-corrected chi connectivity index (χ4v) is 1.74. The zero-order chi connectivity index (χ0) is 9.68. The van der Waals surface area contributed by atoms with E-state index in [1.54, 1.807) is 5.41 Å². The van der Waals surface area contributed by atoms with Crippen LogP contribution in [0.2, 0.25) is 0 Å². The van der Waals surface area contributed by atoms with Crippen LogP contribution in [0.5, 0.6) is 0 Å². The predicted octanol–water partition coefficient (Wildman–Crippen LogP) is 0.540. The third-order valence-electron chi connectivity index (χ3n) is 1.64. The fraction of sp³-hybridized carbons (Fsp3) is 0.500. The second-order valence-corrected chi connectivity index (χ2v) is 3.54. The zero-order valence-electron chi connectivity index (χ0n) is 7.33. The number of nitriles is 1. The van der Waals surface area contributed by atoms with E-state index >= 15 is 0 Å². The van der Waals surface area contributed by atoms with Gasteiger partial charge >= 0.3 is 0 Å². The quantitative estimate of drug-likeness (QED) is 0.688. The Morgan fingerprint density at radius 1 is 1.92 bits per heavy atom. The van der Waals surface area contributed by atoms with Crippen LogP contribution in [0.3, 0.4) is 0 Å². The first kappa shape index (κ1) is 10.1. The number of hydrogen-bond donors (Lipinski definition) is 2. The van der Waals surface area contributed by atoms with Crippen molar-refractivity contribution in [1.29, 1.82) is 5.26 Å². The summed E-state index contributed by atoms with van der Waals surface area (Å²) in [6.07, 6.45) is 0.582. The van der Waals surface area contributed by atoms with Crippen LogP contribution in [-0.4, -0.2) is 18.3 Å². The van der Waals surface area contributed by atoms with Gasteiger partial charge in [-0.25, -0.2) is 0 Å². The number of Topliss-reactive ketones (excluding diaryl/α,β-unsaturated/α-hetero) is 1. The van der Waals surface area contributed by atoms with Gasteiger partial charge in [-0.15, -0.1) is 0 Å². The van der Waals surface area contributed by atoms with Gasteiger partial charge in [-0.05, 0) is 7.05 Å². The lowest BCUT2D eigenvalue weighted by molar-refractivity contribution is -0.115. The van der Waals surface area contributed by atoms with Gasteiger partial charge in [0, 0.05) is 18.2 Å². The number of hydrogen-bond acceptors (Lipinski definition) is 5. The molecule has 4 nitrogen and oxygen atoms in total. The van der Waals surface area contributed by atoms with E-state index in [4.69, 9.17) is 5.26 Å². The lowest BCUT2D eigenvalue weighted by Crippen LogP contribution is -2.34. The molecule has 2 N–H and O–H groups in total. The van der Waals surface area contributed by atoms with Crippen molar-refractivity contribution in [2.45, 2.75) is 18.3 Å². The summed E-state index contributed by atoms with van der Waals surface area (Å²) < 4.78 is 0. The molecule has 0 aromatic rings. The van der Waals surface area contributed by atoms with Gasteiger partial charge in [-0.2, -0.15) is 5.26 Å². The molecule has 0 aliphatic carbocycles. The predicted molar refractivity (Wildman–Crippen MR) is 51.5 cm³/mol. The molecule has 0 saturated heterocycles. The second kappa shape index (κ2) is 4.90. The monoisotopic (exact) mass is 197 g/mol. The van der Waals surface area contributed by atoms with Gasteiger partial charge in [0.25, 0.3) is 0 Å². The first-order valence-corrected chi connectivity index (χ1v) is 4.92. The van der Waals surface area contributed by atoms with E-state index in [2.05, 4.69) is 10.6 Å². The van der Waals surface area contributed by atoms with Crippen molar-refractivity contribution in [1.82, 2.24) is 10.6 Å². The van der Waals surface area contributed by atoms with Gasteiger partial charge in [0.1, 0.15) is 5.50 Å². The third-order valence-corrected chi connectivity index (χ3v) is 2.63. The number of rotatable bonds is 4. The van der Waals surface area contributed by atoms with Crippen molar-refractivity contribution in [2.24, 2.45) is 0 Å². The number of ketones is 1. The van der Waals surface area contributed by atoms with Crippen LogP contribution in [0, 0.1) is 11.3 Å². The molecule has 0 aromatic carbocycles. The van der Waals surface area contributed by atoms with E-state index in [-0.39, 0.29) is 17.7 Å². The molecule has 5 heteroatoms. The topological polar surface area (TPSA) is 64.9 Å². The molecule has 13 heavy (non-hydrogen) atoms. The zero-order valence-corrected chi connectivity index (χ0v) is 8.15. The second-order valence-electron chi connectivity index (χ2n) is 2.56. The van der Waals surface area contributed by atoms with E-state index in [1.165, 1.54) is 11.8 Å². The minimum Gasteiger partial charge on any atom is -0.358 e. The molecule has 0 fully saturated rings. The Labute approximate surface area is 81.4 Å². The number of nitrogens with one attached hydrogen (secondary N) is 2. The molecular weight excluding hydrogens is 186 g/mol. The molecule has 0 bridgehead atoms. The highest BCUT2D eigenvalue weighted by atomic mass is 32.2. The summed E-state index contributed by atoms with van der Waals surface area (Å²) in [4.78, 5) is 11.3. The molecule has 0 amide bonds. The molecular formula is C8H11N3OS. The summed E-state index contributed by atoms with van der Waals surface area (Å²) in [5.74, 6) is 0.00630. The minimum absolute atomic E-state index is 0.00630. The highest BCUT2D eigenvalue weighted by Gasteiger charge is 2.19. The smallest absolute Gasteiger partial charge is 0.180 e. The summed E-state index contributed by atoms with van der Waals surface area (Å²) in [5.41, 5.74) is 0.695. The fourth-order valence-electron chi connectivity index (χ4n) is 0.936. The molecule has 1 unspecified atom stereocenters. The number of nitrogens with zero attached hydrogens (tertiary/aromatic N) is 1. The molecule has 1 aliphatic rings. The Kier molecular flexibility index (Phi) is 3.80. The Morgan fingerprint density at radius 2 is 2.69 bits per heavy atom. The van der Waals surface area contributed by atoms with Crippen molar-refractivity contribution in [3.63, 3.8) is 0 Å². The Bertz CT molecular complexity index is 269. The van der Waals surface area contributed by atoms with E-state index < -0.39 is 0 Å². The maximum absolute atomic E-state index is 11.3. The van der Waals surface area contributed by atoms with E-state index in [1.807, 2.05) is 13.1 Å². The van der Waals surface area contributed by atoms with Crippen molar-refractivity contribution in [3.05, 3.63) is 11.1 Å².